The van der Waals surface area contributed by atoms with Gasteiger partial charge in [-0.25, -0.2) is 4.98 Å². The Labute approximate surface area is 135 Å². The molecular weight excluding hydrogens is 290 g/mol. The Morgan fingerprint density at radius 3 is 2.83 bits per heavy atom. The fourth-order valence-corrected chi connectivity index (χ4v) is 2.42. The van der Waals surface area contributed by atoms with Gasteiger partial charge in [0.1, 0.15) is 5.82 Å². The minimum absolute atomic E-state index is 0.286. The Balaban J connectivity index is 1.78. The number of amides is 1. The molecule has 1 aromatic carbocycles. The van der Waals surface area contributed by atoms with Crippen LogP contribution in [-0.4, -0.2) is 22.4 Å². The number of nitrogens with two attached hydrogens (primary N) is 1. The Morgan fingerprint density at radius 2 is 2.13 bits per heavy atom. The molecule has 1 aromatic heterocycles. The molecule has 1 amide bonds. The van der Waals surface area contributed by atoms with Crippen LogP contribution in [0.15, 0.2) is 30.5 Å². The van der Waals surface area contributed by atoms with E-state index in [4.69, 9.17) is 5.73 Å². The first-order chi connectivity index (χ1) is 11.1. The lowest BCUT2D eigenvalue weighted by atomic mass is 10.2. The number of hydrogen-bond donors (Lipinski definition) is 3. The fraction of sp³-hybridized carbons (Fsp3) is 0.353. The smallest absolute Gasteiger partial charge is 0.229 e. The molecule has 1 heterocycles. The highest BCUT2D eigenvalue weighted by molar-refractivity contribution is 5.74. The molecule has 0 spiro atoms. The summed E-state index contributed by atoms with van der Waals surface area (Å²) in [6, 6.07) is 7.99. The van der Waals surface area contributed by atoms with Gasteiger partial charge < -0.3 is 16.4 Å². The van der Waals surface area contributed by atoms with Crippen molar-refractivity contribution in [3.8, 4) is 0 Å². The molecule has 120 valence electrons. The molecule has 6 heteroatoms. The highest BCUT2D eigenvalue weighted by Crippen LogP contribution is 2.42. The van der Waals surface area contributed by atoms with Crippen molar-refractivity contribution in [3.05, 3.63) is 41.6 Å². The van der Waals surface area contributed by atoms with E-state index in [1.54, 1.807) is 0 Å². The minimum atomic E-state index is -0.321. The quantitative estimate of drug-likeness (QED) is 0.731. The molecule has 0 unspecified atom stereocenters. The van der Waals surface area contributed by atoms with Crippen molar-refractivity contribution in [3.63, 3.8) is 0 Å². The summed E-state index contributed by atoms with van der Waals surface area (Å²) in [5.74, 6) is 1.54. The van der Waals surface area contributed by atoms with Gasteiger partial charge in [-0.3, -0.25) is 4.79 Å². The van der Waals surface area contributed by atoms with E-state index < -0.39 is 0 Å². The molecule has 23 heavy (non-hydrogen) atoms. The second-order valence-electron chi connectivity index (χ2n) is 5.85. The van der Waals surface area contributed by atoms with Gasteiger partial charge in [0.25, 0.3) is 0 Å². The highest BCUT2D eigenvalue weighted by Gasteiger charge is 2.27. The van der Waals surface area contributed by atoms with Crippen LogP contribution in [0.2, 0.25) is 0 Å². The van der Waals surface area contributed by atoms with E-state index in [1.807, 2.05) is 37.4 Å². The third kappa shape index (κ3) is 3.97. The summed E-state index contributed by atoms with van der Waals surface area (Å²) in [4.78, 5) is 19.9. The summed E-state index contributed by atoms with van der Waals surface area (Å²) in [7, 11) is 0. The molecule has 1 aliphatic rings. The zero-order valence-electron chi connectivity index (χ0n) is 13.2. The lowest BCUT2D eigenvalue weighted by Gasteiger charge is -2.13. The van der Waals surface area contributed by atoms with Crippen LogP contribution in [0.3, 0.4) is 0 Å². The van der Waals surface area contributed by atoms with E-state index in [2.05, 4.69) is 20.6 Å². The van der Waals surface area contributed by atoms with E-state index in [0.717, 1.165) is 22.6 Å². The molecule has 0 aliphatic heterocycles. The monoisotopic (exact) mass is 311 g/mol. The van der Waals surface area contributed by atoms with Crippen LogP contribution in [0.4, 0.5) is 17.5 Å². The van der Waals surface area contributed by atoms with Crippen LogP contribution in [0.25, 0.3) is 0 Å². The first kappa shape index (κ1) is 15.3. The van der Waals surface area contributed by atoms with Gasteiger partial charge in [-0.05, 0) is 37.3 Å². The molecule has 3 rings (SSSR count). The number of hydrogen-bond acceptors (Lipinski definition) is 5. The Hall–Kier alpha value is -2.63. The van der Waals surface area contributed by atoms with Crippen molar-refractivity contribution in [2.75, 3.05) is 17.2 Å². The third-order valence-electron chi connectivity index (χ3n) is 3.89. The molecule has 0 saturated heterocycles. The summed E-state index contributed by atoms with van der Waals surface area (Å²) in [5, 5.41) is 6.46. The Morgan fingerprint density at radius 1 is 1.35 bits per heavy atom. The van der Waals surface area contributed by atoms with Crippen LogP contribution < -0.4 is 16.4 Å². The number of anilines is 3. The maximum Gasteiger partial charge on any atom is 0.229 e. The largest absolute Gasteiger partial charge is 0.370 e. The summed E-state index contributed by atoms with van der Waals surface area (Å²) in [6.45, 7) is 2.52. The molecule has 1 aliphatic carbocycles. The summed E-state index contributed by atoms with van der Waals surface area (Å²) >= 11 is 0. The van der Waals surface area contributed by atoms with Gasteiger partial charge in [-0.1, -0.05) is 18.2 Å². The maximum absolute atomic E-state index is 10.9. The number of nitrogens with zero attached hydrogens (tertiary/aromatic N) is 2. The lowest BCUT2D eigenvalue weighted by molar-refractivity contribution is -0.117. The van der Waals surface area contributed by atoms with Gasteiger partial charge in [0.05, 0.1) is 0 Å². The Bertz CT molecular complexity index is 712. The van der Waals surface area contributed by atoms with Crippen LogP contribution in [0, 0.1) is 6.92 Å². The highest BCUT2D eigenvalue weighted by atomic mass is 16.1. The first-order valence-corrected chi connectivity index (χ1v) is 7.85. The van der Waals surface area contributed by atoms with Gasteiger partial charge in [-0.2, -0.15) is 4.98 Å². The zero-order chi connectivity index (χ0) is 16.2. The van der Waals surface area contributed by atoms with Gasteiger partial charge in [-0.15, -0.1) is 0 Å². The number of rotatable bonds is 7. The van der Waals surface area contributed by atoms with Crippen LogP contribution in [0.1, 0.15) is 36.3 Å². The number of nitrogens with one attached hydrogen (secondary N) is 2. The molecule has 1 saturated carbocycles. The molecule has 1 fully saturated rings. The average molecular weight is 311 g/mol. The van der Waals surface area contributed by atoms with E-state index >= 15 is 0 Å². The zero-order valence-corrected chi connectivity index (χ0v) is 13.2. The lowest BCUT2D eigenvalue weighted by Crippen LogP contribution is -2.17. The standard InChI is InChI=1S/C17H21N5O/c1-11-4-2-3-5-14(11)21-17-20-10-13(12-6-7-12)16(22-17)19-9-8-15(18)23/h2-5,10,12H,6-9H2,1H3,(H2,18,23)(H2,19,20,21,22). The minimum Gasteiger partial charge on any atom is -0.370 e. The number of benzene rings is 1. The van der Waals surface area contributed by atoms with E-state index in [-0.39, 0.29) is 12.3 Å². The summed E-state index contributed by atoms with van der Waals surface area (Å²) in [6.07, 6.45) is 4.49. The number of aromatic nitrogens is 2. The van der Waals surface area contributed by atoms with Crippen molar-refractivity contribution in [2.45, 2.75) is 32.1 Å². The summed E-state index contributed by atoms with van der Waals surface area (Å²) < 4.78 is 0. The van der Waals surface area contributed by atoms with Crippen molar-refractivity contribution in [2.24, 2.45) is 5.73 Å². The average Bonchev–Trinajstić information content (AvgIpc) is 3.34. The predicted molar refractivity (Wildman–Crippen MR) is 90.8 cm³/mol. The first-order valence-electron chi connectivity index (χ1n) is 7.85. The molecule has 0 radical (unpaired) electrons. The van der Waals surface area contributed by atoms with Crippen molar-refractivity contribution in [1.82, 2.24) is 9.97 Å². The second-order valence-corrected chi connectivity index (χ2v) is 5.85. The van der Waals surface area contributed by atoms with E-state index in [0.29, 0.717) is 18.4 Å². The van der Waals surface area contributed by atoms with Crippen LogP contribution in [-0.2, 0) is 4.79 Å². The number of aryl methyl sites for hydroxylation is 1. The molecule has 4 N–H and O–H groups in total. The number of carbonyl (C=O) groups excluding carboxylic acids is 1. The van der Waals surface area contributed by atoms with Crippen molar-refractivity contribution in [1.29, 1.82) is 0 Å². The van der Waals surface area contributed by atoms with Gasteiger partial charge in [0, 0.05) is 30.4 Å². The van der Waals surface area contributed by atoms with Crippen LogP contribution in [0.5, 0.6) is 0 Å². The number of carbonyl (C=O) groups is 1. The second kappa shape index (κ2) is 6.64. The summed E-state index contributed by atoms with van der Waals surface area (Å²) in [5.41, 5.74) is 8.42. The fourth-order valence-electron chi connectivity index (χ4n) is 2.42. The SMILES string of the molecule is Cc1ccccc1Nc1ncc(C2CC2)c(NCCC(N)=O)n1. The maximum atomic E-state index is 10.9. The molecule has 6 nitrogen and oxygen atoms in total. The Kier molecular flexibility index (Phi) is 4.41. The number of para-hydroxylation sites is 1. The van der Waals surface area contributed by atoms with E-state index in [9.17, 15) is 4.79 Å². The van der Waals surface area contributed by atoms with Gasteiger partial charge >= 0.3 is 0 Å². The van der Waals surface area contributed by atoms with Crippen molar-refractivity contribution >= 4 is 23.4 Å². The molecule has 0 bridgehead atoms. The number of primary amides is 1. The normalized spacial score (nSPS) is 13.6. The van der Waals surface area contributed by atoms with Crippen LogP contribution >= 0.6 is 0 Å². The predicted octanol–water partition coefficient (Wildman–Crippen LogP) is 2.69. The molecule has 0 atom stereocenters. The topological polar surface area (TPSA) is 92.9 Å². The third-order valence-corrected chi connectivity index (χ3v) is 3.89. The van der Waals surface area contributed by atoms with Gasteiger partial charge in [0.2, 0.25) is 11.9 Å². The van der Waals surface area contributed by atoms with Gasteiger partial charge in [0.15, 0.2) is 0 Å². The molecular formula is C17H21N5O. The molecule has 2 aromatic rings. The van der Waals surface area contributed by atoms with Crippen molar-refractivity contribution < 1.29 is 4.79 Å². The van der Waals surface area contributed by atoms with E-state index in [1.165, 1.54) is 12.8 Å².